The standard InChI is InChI=1S/C11H17NS/c1-3-7-13-11-6-4-5-10(8-11)9-12-2/h4-6,8,12H,3,7,9H2,1-2H3. The molecule has 0 atom stereocenters. The molecular formula is C11H17NS. The van der Waals surface area contributed by atoms with Crippen molar-refractivity contribution in [3.8, 4) is 0 Å². The lowest BCUT2D eigenvalue weighted by molar-refractivity contribution is 0.815. The lowest BCUT2D eigenvalue weighted by Crippen LogP contribution is -2.04. The minimum atomic E-state index is 0.959. The molecule has 13 heavy (non-hydrogen) atoms. The van der Waals surface area contributed by atoms with Crippen LogP contribution in [0.25, 0.3) is 0 Å². The predicted octanol–water partition coefficient (Wildman–Crippen LogP) is 2.91. The van der Waals surface area contributed by atoms with Crippen molar-refractivity contribution in [2.45, 2.75) is 24.8 Å². The Bertz CT molecular complexity index is 248. The summed E-state index contributed by atoms with van der Waals surface area (Å²) in [6.45, 7) is 3.17. The molecule has 1 nitrogen and oxygen atoms in total. The molecule has 0 aliphatic heterocycles. The Labute approximate surface area is 84.9 Å². The largest absolute Gasteiger partial charge is 0.316 e. The Morgan fingerprint density at radius 2 is 2.23 bits per heavy atom. The summed E-state index contributed by atoms with van der Waals surface area (Å²) in [7, 11) is 1.98. The molecule has 0 amide bonds. The van der Waals surface area contributed by atoms with Gasteiger partial charge >= 0.3 is 0 Å². The van der Waals surface area contributed by atoms with E-state index in [0.717, 1.165) is 6.54 Å². The van der Waals surface area contributed by atoms with Gasteiger partial charge in [-0.1, -0.05) is 19.1 Å². The van der Waals surface area contributed by atoms with Crippen LogP contribution in [0.1, 0.15) is 18.9 Å². The van der Waals surface area contributed by atoms with Gasteiger partial charge in [-0.15, -0.1) is 11.8 Å². The molecule has 0 aromatic heterocycles. The fourth-order valence-corrected chi connectivity index (χ4v) is 2.02. The van der Waals surface area contributed by atoms with Gasteiger partial charge in [0.25, 0.3) is 0 Å². The van der Waals surface area contributed by atoms with Gasteiger partial charge in [-0.3, -0.25) is 0 Å². The maximum Gasteiger partial charge on any atom is 0.0202 e. The zero-order valence-electron chi connectivity index (χ0n) is 8.34. The number of nitrogens with one attached hydrogen (secondary N) is 1. The molecule has 1 aromatic carbocycles. The van der Waals surface area contributed by atoms with Crippen molar-refractivity contribution in [1.82, 2.24) is 5.32 Å². The van der Waals surface area contributed by atoms with E-state index in [-0.39, 0.29) is 0 Å². The van der Waals surface area contributed by atoms with Gasteiger partial charge in [0.05, 0.1) is 0 Å². The first-order valence-electron chi connectivity index (χ1n) is 4.73. The van der Waals surface area contributed by atoms with Crippen LogP contribution in [0.3, 0.4) is 0 Å². The molecule has 0 heterocycles. The van der Waals surface area contributed by atoms with Gasteiger partial charge in [0.1, 0.15) is 0 Å². The highest BCUT2D eigenvalue weighted by molar-refractivity contribution is 7.99. The molecule has 0 saturated heterocycles. The quantitative estimate of drug-likeness (QED) is 0.725. The van der Waals surface area contributed by atoms with Gasteiger partial charge in [-0.2, -0.15) is 0 Å². The second-order valence-corrected chi connectivity index (χ2v) is 4.19. The van der Waals surface area contributed by atoms with Crippen LogP contribution in [0, 0.1) is 0 Å². The van der Waals surface area contributed by atoms with Crippen LogP contribution in [0.2, 0.25) is 0 Å². The SMILES string of the molecule is CCCSc1cccc(CNC)c1. The van der Waals surface area contributed by atoms with Crippen molar-refractivity contribution in [3.63, 3.8) is 0 Å². The molecule has 72 valence electrons. The van der Waals surface area contributed by atoms with Crippen molar-refractivity contribution < 1.29 is 0 Å². The average molecular weight is 195 g/mol. The Morgan fingerprint density at radius 3 is 2.92 bits per heavy atom. The summed E-state index contributed by atoms with van der Waals surface area (Å²) in [5, 5.41) is 3.16. The van der Waals surface area contributed by atoms with Crippen molar-refractivity contribution >= 4 is 11.8 Å². The van der Waals surface area contributed by atoms with Crippen LogP contribution in [0.15, 0.2) is 29.2 Å². The van der Waals surface area contributed by atoms with Crippen molar-refractivity contribution in [3.05, 3.63) is 29.8 Å². The van der Waals surface area contributed by atoms with E-state index in [4.69, 9.17) is 0 Å². The van der Waals surface area contributed by atoms with Crippen molar-refractivity contribution in [2.75, 3.05) is 12.8 Å². The predicted molar refractivity (Wildman–Crippen MR) is 60.2 cm³/mol. The lowest BCUT2D eigenvalue weighted by atomic mass is 10.2. The second kappa shape index (κ2) is 6.06. The third kappa shape index (κ3) is 3.83. The van der Waals surface area contributed by atoms with Gasteiger partial charge in [0.2, 0.25) is 0 Å². The third-order valence-corrected chi connectivity index (χ3v) is 2.95. The molecule has 0 fully saturated rings. The number of rotatable bonds is 5. The topological polar surface area (TPSA) is 12.0 Å². The zero-order valence-corrected chi connectivity index (χ0v) is 9.16. The smallest absolute Gasteiger partial charge is 0.0202 e. The fourth-order valence-electron chi connectivity index (χ4n) is 1.17. The molecule has 0 saturated carbocycles. The van der Waals surface area contributed by atoms with E-state index >= 15 is 0 Å². The molecule has 0 unspecified atom stereocenters. The van der Waals surface area contributed by atoms with E-state index in [0.29, 0.717) is 0 Å². The van der Waals surface area contributed by atoms with Crippen LogP contribution >= 0.6 is 11.8 Å². The van der Waals surface area contributed by atoms with Crippen LogP contribution in [0.4, 0.5) is 0 Å². The number of hydrogen-bond donors (Lipinski definition) is 1. The van der Waals surface area contributed by atoms with Gasteiger partial charge in [-0.05, 0) is 36.9 Å². The highest BCUT2D eigenvalue weighted by Crippen LogP contribution is 2.19. The summed E-state index contributed by atoms with van der Waals surface area (Å²) in [6, 6.07) is 8.73. The summed E-state index contributed by atoms with van der Waals surface area (Å²) in [5.74, 6) is 1.21. The average Bonchev–Trinajstić information content (AvgIpc) is 2.16. The normalized spacial score (nSPS) is 10.3. The van der Waals surface area contributed by atoms with E-state index in [1.807, 2.05) is 18.8 Å². The molecule has 1 N–H and O–H groups in total. The minimum absolute atomic E-state index is 0.959. The van der Waals surface area contributed by atoms with Gasteiger partial charge in [-0.25, -0.2) is 0 Å². The van der Waals surface area contributed by atoms with E-state index in [1.54, 1.807) is 0 Å². The Hall–Kier alpha value is -0.470. The monoisotopic (exact) mass is 195 g/mol. The Morgan fingerprint density at radius 1 is 1.38 bits per heavy atom. The van der Waals surface area contributed by atoms with Gasteiger partial charge < -0.3 is 5.32 Å². The van der Waals surface area contributed by atoms with E-state index in [9.17, 15) is 0 Å². The molecule has 0 aliphatic rings. The number of benzene rings is 1. The zero-order chi connectivity index (χ0) is 9.52. The molecular weight excluding hydrogens is 178 g/mol. The summed E-state index contributed by atoms with van der Waals surface area (Å²) in [5.41, 5.74) is 1.36. The maximum absolute atomic E-state index is 3.16. The summed E-state index contributed by atoms with van der Waals surface area (Å²) >= 11 is 1.93. The van der Waals surface area contributed by atoms with Crippen LogP contribution < -0.4 is 5.32 Å². The van der Waals surface area contributed by atoms with Gasteiger partial charge in [0.15, 0.2) is 0 Å². The molecule has 0 radical (unpaired) electrons. The Balaban J connectivity index is 2.56. The molecule has 0 spiro atoms. The highest BCUT2D eigenvalue weighted by Gasteiger charge is 1.94. The molecule has 0 bridgehead atoms. The molecule has 2 heteroatoms. The summed E-state index contributed by atoms with van der Waals surface area (Å²) in [4.78, 5) is 1.38. The lowest BCUT2D eigenvalue weighted by Gasteiger charge is -2.03. The molecule has 0 aliphatic carbocycles. The third-order valence-electron chi connectivity index (χ3n) is 1.75. The van der Waals surface area contributed by atoms with Crippen molar-refractivity contribution in [1.29, 1.82) is 0 Å². The number of thioether (sulfide) groups is 1. The first kappa shape index (κ1) is 10.6. The molecule has 1 rings (SSSR count). The first-order valence-corrected chi connectivity index (χ1v) is 5.71. The minimum Gasteiger partial charge on any atom is -0.316 e. The van der Waals surface area contributed by atoms with Crippen LogP contribution in [-0.4, -0.2) is 12.8 Å². The van der Waals surface area contributed by atoms with E-state index in [1.165, 1.54) is 22.6 Å². The van der Waals surface area contributed by atoms with E-state index in [2.05, 4.69) is 36.5 Å². The van der Waals surface area contributed by atoms with Crippen LogP contribution in [-0.2, 0) is 6.54 Å². The van der Waals surface area contributed by atoms with Gasteiger partial charge in [0, 0.05) is 11.4 Å². The van der Waals surface area contributed by atoms with E-state index < -0.39 is 0 Å². The second-order valence-electron chi connectivity index (χ2n) is 3.03. The maximum atomic E-state index is 3.16. The summed E-state index contributed by atoms with van der Waals surface area (Å²) in [6.07, 6.45) is 1.24. The number of hydrogen-bond acceptors (Lipinski definition) is 2. The van der Waals surface area contributed by atoms with Crippen molar-refractivity contribution in [2.24, 2.45) is 0 Å². The molecule has 1 aromatic rings. The fraction of sp³-hybridized carbons (Fsp3) is 0.455. The summed E-state index contributed by atoms with van der Waals surface area (Å²) < 4.78 is 0. The van der Waals surface area contributed by atoms with Crippen LogP contribution in [0.5, 0.6) is 0 Å². The Kier molecular flexibility index (Phi) is 4.94. The first-order chi connectivity index (χ1) is 6.36. The highest BCUT2D eigenvalue weighted by atomic mass is 32.2.